The van der Waals surface area contributed by atoms with Crippen LogP contribution in [0, 0.1) is 13.8 Å². The van der Waals surface area contributed by atoms with Crippen molar-refractivity contribution < 1.29 is 9.59 Å². The zero-order chi connectivity index (χ0) is 16.3. The zero-order valence-corrected chi connectivity index (χ0v) is 14.5. The van der Waals surface area contributed by atoms with Crippen molar-refractivity contribution in [2.45, 2.75) is 46.2 Å². The average molecular weight is 320 g/mol. The van der Waals surface area contributed by atoms with Gasteiger partial charge in [0, 0.05) is 17.4 Å². The van der Waals surface area contributed by atoms with Crippen LogP contribution in [0.2, 0.25) is 0 Å². The molecule has 1 aromatic carbocycles. The smallest absolute Gasteiger partial charge is 0.255 e. The Bertz CT molecular complexity index is 574. The van der Waals surface area contributed by atoms with Crippen molar-refractivity contribution in [3.8, 4) is 0 Å². The minimum Gasteiger partial charge on any atom is -0.352 e. The topological polar surface area (TPSA) is 49.4 Å². The zero-order valence-electron chi connectivity index (χ0n) is 13.7. The van der Waals surface area contributed by atoms with Crippen LogP contribution in [0.1, 0.15) is 41.8 Å². The van der Waals surface area contributed by atoms with Gasteiger partial charge in [-0.1, -0.05) is 13.0 Å². The summed E-state index contributed by atoms with van der Waals surface area (Å²) in [7, 11) is 0. The van der Waals surface area contributed by atoms with E-state index in [4.69, 9.17) is 0 Å². The van der Waals surface area contributed by atoms with Gasteiger partial charge in [0.2, 0.25) is 5.91 Å². The Labute approximate surface area is 136 Å². The number of nitrogens with zero attached hydrogens (tertiary/aromatic N) is 1. The summed E-state index contributed by atoms with van der Waals surface area (Å²) in [5.74, 6) is 1.14. The largest absolute Gasteiger partial charge is 0.352 e. The van der Waals surface area contributed by atoms with Gasteiger partial charge in [0.1, 0.15) is 6.04 Å². The van der Waals surface area contributed by atoms with E-state index < -0.39 is 0 Å². The number of nitrogens with one attached hydrogen (secondary N) is 1. The molecule has 1 N–H and O–H groups in total. The third kappa shape index (κ3) is 3.64. The maximum atomic E-state index is 12.7. The van der Waals surface area contributed by atoms with Gasteiger partial charge in [0.15, 0.2) is 0 Å². The molecule has 2 rings (SSSR count). The highest BCUT2D eigenvalue weighted by atomic mass is 32.2. The number of amides is 2. The van der Waals surface area contributed by atoms with Gasteiger partial charge in [-0.05, 0) is 50.5 Å². The maximum Gasteiger partial charge on any atom is 0.255 e. The summed E-state index contributed by atoms with van der Waals surface area (Å²) in [5, 5.41) is 2.98. The van der Waals surface area contributed by atoms with E-state index in [1.165, 1.54) is 5.56 Å². The third-order valence-electron chi connectivity index (χ3n) is 4.20. The molecule has 0 spiro atoms. The van der Waals surface area contributed by atoms with Crippen LogP contribution in [-0.4, -0.2) is 40.4 Å². The van der Waals surface area contributed by atoms with Gasteiger partial charge in [0.05, 0.1) is 5.88 Å². The van der Waals surface area contributed by atoms with E-state index in [1.54, 1.807) is 16.7 Å². The second-order valence-electron chi connectivity index (χ2n) is 5.91. The molecule has 22 heavy (non-hydrogen) atoms. The first kappa shape index (κ1) is 16.9. The second kappa shape index (κ2) is 7.18. The van der Waals surface area contributed by atoms with E-state index in [-0.39, 0.29) is 23.9 Å². The fraction of sp³-hybridized carbons (Fsp3) is 0.529. The minimum absolute atomic E-state index is 0.0449. The molecule has 0 aliphatic carbocycles. The van der Waals surface area contributed by atoms with Crippen LogP contribution in [0.5, 0.6) is 0 Å². The molecule has 2 amide bonds. The summed E-state index contributed by atoms with van der Waals surface area (Å²) in [6.45, 7) is 8.04. The molecule has 0 radical (unpaired) electrons. The molecule has 1 fully saturated rings. The van der Waals surface area contributed by atoms with E-state index in [2.05, 4.69) is 5.32 Å². The van der Waals surface area contributed by atoms with Gasteiger partial charge >= 0.3 is 0 Å². The lowest BCUT2D eigenvalue weighted by Crippen LogP contribution is -2.49. The van der Waals surface area contributed by atoms with Crippen LogP contribution in [0.3, 0.4) is 0 Å². The Morgan fingerprint density at radius 3 is 2.73 bits per heavy atom. The maximum absolute atomic E-state index is 12.7. The van der Waals surface area contributed by atoms with Crippen LogP contribution in [-0.2, 0) is 4.79 Å². The van der Waals surface area contributed by atoms with E-state index in [9.17, 15) is 9.59 Å². The molecular weight excluding hydrogens is 296 g/mol. The van der Waals surface area contributed by atoms with Gasteiger partial charge < -0.3 is 10.2 Å². The van der Waals surface area contributed by atoms with Crippen molar-refractivity contribution in [3.63, 3.8) is 0 Å². The summed E-state index contributed by atoms with van der Waals surface area (Å²) in [6.07, 6.45) is 0.886. The standard InChI is InChI=1S/C17H24N2O2S/c1-5-13(4)18-16(20)15-9-22-10-19(15)17(21)14-7-6-11(2)12(3)8-14/h6-8,13,15H,5,9-10H2,1-4H3,(H,18,20). The number of hydrogen-bond donors (Lipinski definition) is 1. The first-order valence-electron chi connectivity index (χ1n) is 7.70. The van der Waals surface area contributed by atoms with Crippen LogP contribution < -0.4 is 5.32 Å². The lowest BCUT2D eigenvalue weighted by Gasteiger charge is -2.24. The van der Waals surface area contributed by atoms with Crippen LogP contribution in [0.15, 0.2) is 18.2 Å². The average Bonchev–Trinajstić information content (AvgIpc) is 2.98. The van der Waals surface area contributed by atoms with Gasteiger partial charge in [-0.2, -0.15) is 0 Å². The number of thioether (sulfide) groups is 1. The molecule has 0 bridgehead atoms. The lowest BCUT2D eigenvalue weighted by atomic mass is 10.1. The molecule has 2 unspecified atom stereocenters. The SMILES string of the molecule is CCC(C)NC(=O)C1CSCN1C(=O)c1ccc(C)c(C)c1. The molecule has 120 valence electrons. The number of hydrogen-bond acceptors (Lipinski definition) is 3. The summed E-state index contributed by atoms with van der Waals surface area (Å²) in [4.78, 5) is 26.8. The van der Waals surface area contributed by atoms with Crippen molar-refractivity contribution in [2.75, 3.05) is 11.6 Å². The third-order valence-corrected chi connectivity index (χ3v) is 5.21. The molecule has 1 aliphatic rings. The van der Waals surface area contributed by atoms with Crippen LogP contribution >= 0.6 is 11.8 Å². The molecule has 0 aromatic heterocycles. The highest BCUT2D eigenvalue weighted by molar-refractivity contribution is 7.99. The first-order chi connectivity index (χ1) is 10.4. The fourth-order valence-corrected chi connectivity index (χ4v) is 3.50. The number of rotatable bonds is 4. The highest BCUT2D eigenvalue weighted by Crippen LogP contribution is 2.24. The van der Waals surface area contributed by atoms with Crippen molar-refractivity contribution in [1.29, 1.82) is 0 Å². The lowest BCUT2D eigenvalue weighted by molar-refractivity contribution is -0.125. The molecule has 5 heteroatoms. The van der Waals surface area contributed by atoms with Gasteiger partial charge in [-0.15, -0.1) is 11.8 Å². The van der Waals surface area contributed by atoms with Gasteiger partial charge in [-0.3, -0.25) is 9.59 Å². The normalized spacial score (nSPS) is 19.1. The number of aryl methyl sites for hydroxylation is 2. The van der Waals surface area contributed by atoms with E-state index in [0.717, 1.165) is 12.0 Å². The Morgan fingerprint density at radius 1 is 1.36 bits per heavy atom. The number of carbonyl (C=O) groups excluding carboxylic acids is 2. The highest BCUT2D eigenvalue weighted by Gasteiger charge is 2.35. The Morgan fingerprint density at radius 2 is 2.09 bits per heavy atom. The molecule has 1 aromatic rings. The summed E-state index contributed by atoms with van der Waals surface area (Å²) < 4.78 is 0. The molecule has 4 nitrogen and oxygen atoms in total. The van der Waals surface area contributed by atoms with Crippen molar-refractivity contribution in [2.24, 2.45) is 0 Å². The molecule has 1 saturated heterocycles. The Kier molecular flexibility index (Phi) is 5.51. The van der Waals surface area contributed by atoms with E-state index in [0.29, 0.717) is 17.2 Å². The number of benzene rings is 1. The van der Waals surface area contributed by atoms with Crippen molar-refractivity contribution >= 4 is 23.6 Å². The van der Waals surface area contributed by atoms with Crippen LogP contribution in [0.25, 0.3) is 0 Å². The number of carbonyl (C=O) groups is 2. The van der Waals surface area contributed by atoms with Gasteiger partial charge in [-0.25, -0.2) is 0 Å². The molecular formula is C17H24N2O2S. The predicted molar refractivity (Wildman–Crippen MR) is 91.1 cm³/mol. The summed E-state index contributed by atoms with van der Waals surface area (Å²) in [5.41, 5.74) is 2.92. The molecule has 2 atom stereocenters. The van der Waals surface area contributed by atoms with Crippen molar-refractivity contribution in [1.82, 2.24) is 10.2 Å². The predicted octanol–water partition coefficient (Wildman–Crippen LogP) is 2.73. The molecule has 1 aliphatic heterocycles. The molecule has 0 saturated carbocycles. The Hall–Kier alpha value is -1.49. The summed E-state index contributed by atoms with van der Waals surface area (Å²) in [6, 6.07) is 5.48. The fourth-order valence-electron chi connectivity index (χ4n) is 2.34. The molecule has 1 heterocycles. The summed E-state index contributed by atoms with van der Waals surface area (Å²) >= 11 is 1.63. The van der Waals surface area contributed by atoms with Gasteiger partial charge in [0.25, 0.3) is 5.91 Å². The quantitative estimate of drug-likeness (QED) is 0.928. The Balaban J connectivity index is 2.14. The van der Waals surface area contributed by atoms with E-state index >= 15 is 0 Å². The van der Waals surface area contributed by atoms with E-state index in [1.807, 2.05) is 45.9 Å². The monoisotopic (exact) mass is 320 g/mol. The second-order valence-corrected chi connectivity index (χ2v) is 6.91. The van der Waals surface area contributed by atoms with Crippen LogP contribution in [0.4, 0.5) is 0 Å². The van der Waals surface area contributed by atoms with Crippen molar-refractivity contribution in [3.05, 3.63) is 34.9 Å². The first-order valence-corrected chi connectivity index (χ1v) is 8.85. The minimum atomic E-state index is -0.367.